The minimum atomic E-state index is 0.644. The van der Waals surface area contributed by atoms with Crippen molar-refractivity contribution in [1.29, 1.82) is 0 Å². The van der Waals surface area contributed by atoms with Crippen LogP contribution < -0.4 is 5.32 Å². The van der Waals surface area contributed by atoms with E-state index >= 15 is 0 Å². The van der Waals surface area contributed by atoms with E-state index in [0.717, 1.165) is 21.6 Å². The summed E-state index contributed by atoms with van der Waals surface area (Å²) in [6.45, 7) is 0.644. The highest BCUT2D eigenvalue weighted by Crippen LogP contribution is 2.12. The van der Waals surface area contributed by atoms with Crippen molar-refractivity contribution < 1.29 is 0 Å². The first kappa shape index (κ1) is 11.1. The number of fused-ring (bicyclic) bond motifs is 1. The van der Waals surface area contributed by atoms with Crippen LogP contribution in [0, 0.1) is 0 Å². The van der Waals surface area contributed by atoms with E-state index in [-0.39, 0.29) is 0 Å². The van der Waals surface area contributed by atoms with Gasteiger partial charge in [-0.25, -0.2) is 19.9 Å². The number of hydrogen-bond donors (Lipinski definition) is 1. The number of rotatable bonds is 3. The third-order valence-corrected chi connectivity index (χ3v) is 2.88. The molecule has 0 saturated heterocycles. The van der Waals surface area contributed by atoms with Crippen molar-refractivity contribution in [3.8, 4) is 0 Å². The fourth-order valence-corrected chi connectivity index (χ4v) is 1.94. The fraction of sp³-hybridized carbons (Fsp3) is 0.0909. The molecule has 3 aromatic heterocycles. The zero-order valence-electron chi connectivity index (χ0n) is 9.29. The molecule has 0 aliphatic rings. The summed E-state index contributed by atoms with van der Waals surface area (Å²) in [5.41, 5.74) is 2.73. The molecule has 7 heteroatoms. The number of halogens is 1. The highest BCUT2D eigenvalue weighted by atomic mass is 79.9. The van der Waals surface area contributed by atoms with Crippen LogP contribution in [0.4, 0.5) is 5.69 Å². The normalized spacial score (nSPS) is 10.7. The molecular formula is C11H9BrN6. The van der Waals surface area contributed by atoms with Gasteiger partial charge in [-0.2, -0.15) is 0 Å². The molecule has 0 fully saturated rings. The lowest BCUT2D eigenvalue weighted by Crippen LogP contribution is -2.03. The maximum atomic E-state index is 4.28. The Kier molecular flexibility index (Phi) is 2.89. The van der Waals surface area contributed by atoms with Crippen LogP contribution in [0.25, 0.3) is 5.65 Å². The fourth-order valence-electron chi connectivity index (χ4n) is 1.63. The molecule has 0 aliphatic carbocycles. The lowest BCUT2D eigenvalue weighted by Gasteiger charge is -2.05. The Labute approximate surface area is 111 Å². The van der Waals surface area contributed by atoms with Crippen LogP contribution in [-0.2, 0) is 6.54 Å². The molecule has 0 unspecified atom stereocenters. The molecule has 90 valence electrons. The number of anilines is 1. The predicted octanol–water partition coefficient (Wildman–Crippen LogP) is 1.89. The Hall–Kier alpha value is -2.02. The lowest BCUT2D eigenvalue weighted by molar-refractivity contribution is 0.978. The van der Waals surface area contributed by atoms with Gasteiger partial charge in [0.25, 0.3) is 0 Å². The molecule has 0 bridgehead atoms. The van der Waals surface area contributed by atoms with Crippen LogP contribution in [0.3, 0.4) is 0 Å². The summed E-state index contributed by atoms with van der Waals surface area (Å²) in [6, 6.07) is 0. The molecule has 0 aromatic carbocycles. The summed E-state index contributed by atoms with van der Waals surface area (Å²) < 4.78 is 2.76. The molecule has 6 nitrogen and oxygen atoms in total. The number of aromatic nitrogens is 5. The van der Waals surface area contributed by atoms with Crippen LogP contribution in [0.2, 0.25) is 0 Å². The lowest BCUT2D eigenvalue weighted by atomic mass is 10.4. The number of imidazole rings is 1. The highest BCUT2D eigenvalue weighted by molar-refractivity contribution is 9.10. The maximum Gasteiger partial charge on any atom is 0.155 e. The molecule has 0 radical (unpaired) electrons. The maximum absolute atomic E-state index is 4.28. The predicted molar refractivity (Wildman–Crippen MR) is 70.0 cm³/mol. The topological polar surface area (TPSA) is 68.0 Å². The van der Waals surface area contributed by atoms with E-state index < -0.39 is 0 Å². The van der Waals surface area contributed by atoms with Gasteiger partial charge in [-0.1, -0.05) is 0 Å². The molecule has 0 amide bonds. The van der Waals surface area contributed by atoms with E-state index in [0.29, 0.717) is 6.54 Å². The van der Waals surface area contributed by atoms with E-state index in [1.54, 1.807) is 18.6 Å². The second kappa shape index (κ2) is 4.69. The van der Waals surface area contributed by atoms with Crippen molar-refractivity contribution in [2.45, 2.75) is 6.54 Å². The van der Waals surface area contributed by atoms with Gasteiger partial charge < -0.3 is 5.32 Å². The summed E-state index contributed by atoms with van der Waals surface area (Å²) in [5.74, 6) is 0. The number of hydrogen-bond acceptors (Lipinski definition) is 5. The Morgan fingerprint density at radius 2 is 1.94 bits per heavy atom. The SMILES string of the molecule is Brc1cn2c(CNc3cncnc3)cnc2cn1. The zero-order chi connectivity index (χ0) is 12.4. The van der Waals surface area contributed by atoms with Gasteiger partial charge in [-0.15, -0.1) is 0 Å². The molecule has 3 rings (SSSR count). The van der Waals surface area contributed by atoms with Crippen molar-refractivity contribution in [3.05, 3.63) is 47.6 Å². The van der Waals surface area contributed by atoms with Crippen LogP contribution >= 0.6 is 15.9 Å². The van der Waals surface area contributed by atoms with Crippen molar-refractivity contribution in [3.63, 3.8) is 0 Å². The molecule has 0 saturated carbocycles. The van der Waals surface area contributed by atoms with Crippen molar-refractivity contribution >= 4 is 27.3 Å². The molecule has 3 heterocycles. The second-order valence-electron chi connectivity index (χ2n) is 3.67. The summed E-state index contributed by atoms with van der Waals surface area (Å²) in [6.07, 6.45) is 10.4. The molecule has 0 atom stereocenters. The first-order valence-corrected chi connectivity index (χ1v) is 6.08. The molecular weight excluding hydrogens is 296 g/mol. The molecule has 1 N–H and O–H groups in total. The standard InChI is InChI=1S/C11H9BrN6/c12-10-6-18-9(4-17-11(18)5-16-10)3-15-8-1-13-7-14-2-8/h1-2,4-7,15H,3H2. The van der Waals surface area contributed by atoms with Gasteiger partial charge in [0, 0.05) is 6.20 Å². The molecule has 3 aromatic rings. The first-order chi connectivity index (χ1) is 8.83. The molecule has 0 spiro atoms. The van der Waals surface area contributed by atoms with Crippen LogP contribution in [0.1, 0.15) is 5.69 Å². The minimum absolute atomic E-state index is 0.644. The summed E-state index contributed by atoms with van der Waals surface area (Å²) in [5, 5.41) is 3.24. The summed E-state index contributed by atoms with van der Waals surface area (Å²) >= 11 is 3.35. The Morgan fingerprint density at radius 3 is 2.78 bits per heavy atom. The number of nitrogens with zero attached hydrogens (tertiary/aromatic N) is 5. The van der Waals surface area contributed by atoms with Crippen LogP contribution in [-0.4, -0.2) is 24.3 Å². The molecule has 0 aliphatic heterocycles. The van der Waals surface area contributed by atoms with E-state index in [4.69, 9.17) is 0 Å². The monoisotopic (exact) mass is 304 g/mol. The highest BCUT2D eigenvalue weighted by Gasteiger charge is 2.04. The zero-order valence-corrected chi connectivity index (χ0v) is 10.9. The third kappa shape index (κ3) is 2.17. The first-order valence-electron chi connectivity index (χ1n) is 5.29. The van der Waals surface area contributed by atoms with Gasteiger partial charge in [-0.05, 0) is 15.9 Å². The van der Waals surface area contributed by atoms with E-state index in [9.17, 15) is 0 Å². The Balaban J connectivity index is 1.85. The van der Waals surface area contributed by atoms with Gasteiger partial charge in [0.05, 0.1) is 42.7 Å². The van der Waals surface area contributed by atoms with E-state index in [2.05, 4.69) is 41.2 Å². The van der Waals surface area contributed by atoms with Crippen molar-refractivity contribution in [2.75, 3.05) is 5.32 Å². The summed E-state index contributed by atoms with van der Waals surface area (Å²) in [4.78, 5) is 16.3. The average molecular weight is 305 g/mol. The Bertz CT molecular complexity index is 666. The second-order valence-corrected chi connectivity index (χ2v) is 4.48. The average Bonchev–Trinajstić information content (AvgIpc) is 2.80. The third-order valence-electron chi connectivity index (χ3n) is 2.48. The van der Waals surface area contributed by atoms with Crippen LogP contribution in [0.15, 0.2) is 41.9 Å². The van der Waals surface area contributed by atoms with Gasteiger partial charge in [0.15, 0.2) is 5.65 Å². The number of nitrogens with one attached hydrogen (secondary N) is 1. The van der Waals surface area contributed by atoms with E-state index in [1.807, 2.05) is 16.8 Å². The quantitative estimate of drug-likeness (QED) is 0.800. The summed E-state index contributed by atoms with van der Waals surface area (Å²) in [7, 11) is 0. The van der Waals surface area contributed by atoms with Crippen molar-refractivity contribution in [1.82, 2.24) is 24.3 Å². The van der Waals surface area contributed by atoms with Gasteiger partial charge >= 0.3 is 0 Å². The smallest absolute Gasteiger partial charge is 0.155 e. The minimum Gasteiger partial charge on any atom is -0.377 e. The van der Waals surface area contributed by atoms with Gasteiger partial charge in [0.1, 0.15) is 10.9 Å². The largest absolute Gasteiger partial charge is 0.377 e. The molecule has 18 heavy (non-hydrogen) atoms. The van der Waals surface area contributed by atoms with Gasteiger partial charge in [0.2, 0.25) is 0 Å². The van der Waals surface area contributed by atoms with Crippen LogP contribution in [0.5, 0.6) is 0 Å². The van der Waals surface area contributed by atoms with Gasteiger partial charge in [-0.3, -0.25) is 4.40 Å². The Morgan fingerprint density at radius 1 is 1.11 bits per heavy atom. The van der Waals surface area contributed by atoms with E-state index in [1.165, 1.54) is 6.33 Å². The van der Waals surface area contributed by atoms with Crippen molar-refractivity contribution in [2.24, 2.45) is 0 Å².